The van der Waals surface area contributed by atoms with Gasteiger partial charge < -0.3 is 14.6 Å². The standard InChI is InChI=1S/C13H21NO3/c1-10-3-4-11-12(17-8-7-16-11)9-13(10,15)5-2-6-14/h10-12,15H,2-5,7-9H2,1H3. The van der Waals surface area contributed by atoms with E-state index in [9.17, 15) is 5.11 Å². The molecule has 4 heteroatoms. The number of hydrogen-bond acceptors (Lipinski definition) is 4. The van der Waals surface area contributed by atoms with Crippen molar-refractivity contribution < 1.29 is 14.6 Å². The van der Waals surface area contributed by atoms with Gasteiger partial charge in [0.25, 0.3) is 0 Å². The summed E-state index contributed by atoms with van der Waals surface area (Å²) in [6.45, 7) is 3.34. The second-order valence-corrected chi connectivity index (χ2v) is 5.26. The van der Waals surface area contributed by atoms with Crippen molar-refractivity contribution in [2.24, 2.45) is 5.92 Å². The zero-order valence-electron chi connectivity index (χ0n) is 10.4. The Morgan fingerprint density at radius 1 is 1.29 bits per heavy atom. The van der Waals surface area contributed by atoms with Gasteiger partial charge in [-0.1, -0.05) is 6.92 Å². The smallest absolute Gasteiger partial charge is 0.0865 e. The molecular weight excluding hydrogens is 218 g/mol. The Labute approximate surface area is 103 Å². The molecule has 0 radical (unpaired) electrons. The second-order valence-electron chi connectivity index (χ2n) is 5.26. The zero-order valence-corrected chi connectivity index (χ0v) is 10.4. The van der Waals surface area contributed by atoms with Crippen molar-refractivity contribution in [3.05, 3.63) is 0 Å². The minimum absolute atomic E-state index is 0.00241. The maximum Gasteiger partial charge on any atom is 0.0865 e. The van der Waals surface area contributed by atoms with Crippen LogP contribution < -0.4 is 0 Å². The minimum Gasteiger partial charge on any atom is -0.389 e. The molecule has 2 aliphatic rings. The summed E-state index contributed by atoms with van der Waals surface area (Å²) in [5.74, 6) is 0.202. The highest BCUT2D eigenvalue weighted by molar-refractivity contribution is 4.95. The summed E-state index contributed by atoms with van der Waals surface area (Å²) in [6, 6.07) is 2.12. The predicted octanol–water partition coefficient (Wildman–Crippen LogP) is 1.63. The molecule has 1 saturated heterocycles. The van der Waals surface area contributed by atoms with E-state index in [0.717, 1.165) is 12.8 Å². The first-order valence-corrected chi connectivity index (χ1v) is 6.48. The Hall–Kier alpha value is -0.630. The van der Waals surface area contributed by atoms with Crippen LogP contribution in [0, 0.1) is 17.2 Å². The lowest BCUT2D eigenvalue weighted by Gasteiger charge is -2.36. The van der Waals surface area contributed by atoms with Crippen LogP contribution in [0.5, 0.6) is 0 Å². The van der Waals surface area contributed by atoms with E-state index in [0.29, 0.717) is 32.5 Å². The summed E-state index contributed by atoms with van der Waals surface area (Å²) in [6.07, 6.45) is 3.55. The van der Waals surface area contributed by atoms with Crippen LogP contribution in [0.2, 0.25) is 0 Å². The van der Waals surface area contributed by atoms with Crippen molar-refractivity contribution in [1.29, 1.82) is 5.26 Å². The van der Waals surface area contributed by atoms with Crippen LogP contribution in [-0.4, -0.2) is 36.1 Å². The number of nitrogens with zero attached hydrogens (tertiary/aromatic N) is 1. The Morgan fingerprint density at radius 3 is 2.71 bits per heavy atom. The molecule has 1 saturated carbocycles. The van der Waals surface area contributed by atoms with Gasteiger partial charge in [-0.15, -0.1) is 0 Å². The Kier molecular flexibility index (Phi) is 4.03. The molecule has 4 unspecified atom stereocenters. The van der Waals surface area contributed by atoms with Crippen molar-refractivity contribution in [3.63, 3.8) is 0 Å². The highest BCUT2D eigenvalue weighted by Crippen LogP contribution is 2.38. The number of rotatable bonds is 2. The average Bonchev–Trinajstić information content (AvgIpc) is 2.46. The Morgan fingerprint density at radius 2 is 2.00 bits per heavy atom. The molecule has 1 N–H and O–H groups in total. The molecule has 0 aromatic heterocycles. The first-order valence-electron chi connectivity index (χ1n) is 6.48. The van der Waals surface area contributed by atoms with E-state index in [1.807, 2.05) is 0 Å². The van der Waals surface area contributed by atoms with Gasteiger partial charge in [-0.3, -0.25) is 0 Å². The highest BCUT2D eigenvalue weighted by Gasteiger charge is 2.43. The van der Waals surface area contributed by atoms with Crippen molar-refractivity contribution in [3.8, 4) is 6.07 Å². The van der Waals surface area contributed by atoms with Crippen LogP contribution >= 0.6 is 0 Å². The normalized spacial score (nSPS) is 42.3. The first kappa shape index (κ1) is 12.8. The molecule has 96 valence electrons. The van der Waals surface area contributed by atoms with E-state index in [-0.39, 0.29) is 18.1 Å². The summed E-state index contributed by atoms with van der Waals surface area (Å²) in [4.78, 5) is 0. The Bertz CT molecular complexity index is 302. The molecule has 1 aliphatic heterocycles. The van der Waals surface area contributed by atoms with Gasteiger partial charge in [0.1, 0.15) is 0 Å². The monoisotopic (exact) mass is 239 g/mol. The lowest BCUT2D eigenvalue weighted by molar-refractivity contribution is -0.157. The molecule has 2 fully saturated rings. The van der Waals surface area contributed by atoms with Gasteiger partial charge in [0.05, 0.1) is 37.1 Å². The Balaban J connectivity index is 2.07. The molecule has 4 nitrogen and oxygen atoms in total. The SMILES string of the molecule is CC1CCC2OCCOC2CC1(O)CCC#N. The number of nitriles is 1. The molecular formula is C13H21NO3. The molecule has 4 atom stereocenters. The van der Waals surface area contributed by atoms with E-state index in [4.69, 9.17) is 14.7 Å². The zero-order chi connectivity index (χ0) is 12.3. The summed E-state index contributed by atoms with van der Waals surface area (Å²) in [5.41, 5.74) is -0.768. The van der Waals surface area contributed by atoms with Gasteiger partial charge in [0, 0.05) is 12.8 Å². The molecule has 0 spiro atoms. The maximum atomic E-state index is 10.7. The van der Waals surface area contributed by atoms with E-state index in [1.54, 1.807) is 0 Å². The summed E-state index contributed by atoms with van der Waals surface area (Å²) in [5, 5.41) is 19.4. The van der Waals surface area contributed by atoms with Gasteiger partial charge in [0.15, 0.2) is 0 Å². The van der Waals surface area contributed by atoms with Crippen LogP contribution in [0.4, 0.5) is 0 Å². The summed E-state index contributed by atoms with van der Waals surface area (Å²) < 4.78 is 11.4. The lowest BCUT2D eigenvalue weighted by atomic mass is 9.80. The topological polar surface area (TPSA) is 62.5 Å². The molecule has 17 heavy (non-hydrogen) atoms. The number of ether oxygens (including phenoxy) is 2. The third-order valence-electron chi connectivity index (χ3n) is 4.19. The fourth-order valence-corrected chi connectivity index (χ4v) is 2.93. The van der Waals surface area contributed by atoms with Crippen LogP contribution in [0.1, 0.15) is 39.0 Å². The number of fused-ring (bicyclic) bond motifs is 1. The molecule has 0 aromatic carbocycles. The van der Waals surface area contributed by atoms with Gasteiger partial charge in [0.2, 0.25) is 0 Å². The largest absolute Gasteiger partial charge is 0.389 e. The lowest BCUT2D eigenvalue weighted by Crippen LogP contribution is -2.44. The van der Waals surface area contributed by atoms with Crippen molar-refractivity contribution in [2.75, 3.05) is 13.2 Å². The van der Waals surface area contributed by atoms with Gasteiger partial charge in [-0.05, 0) is 25.2 Å². The van der Waals surface area contributed by atoms with Gasteiger partial charge >= 0.3 is 0 Å². The minimum atomic E-state index is -0.768. The predicted molar refractivity (Wildman–Crippen MR) is 62.3 cm³/mol. The molecule has 1 heterocycles. The van der Waals surface area contributed by atoms with Gasteiger partial charge in [-0.2, -0.15) is 5.26 Å². The van der Waals surface area contributed by atoms with Crippen molar-refractivity contribution in [2.45, 2.75) is 56.8 Å². The molecule has 1 aliphatic carbocycles. The van der Waals surface area contributed by atoms with Gasteiger partial charge in [-0.25, -0.2) is 0 Å². The van der Waals surface area contributed by atoms with E-state index in [1.165, 1.54) is 0 Å². The number of hydrogen-bond donors (Lipinski definition) is 1. The summed E-state index contributed by atoms with van der Waals surface area (Å²) >= 11 is 0. The van der Waals surface area contributed by atoms with Crippen LogP contribution in [0.3, 0.4) is 0 Å². The van der Waals surface area contributed by atoms with Crippen molar-refractivity contribution in [1.82, 2.24) is 0 Å². The fraction of sp³-hybridized carbons (Fsp3) is 0.923. The van der Waals surface area contributed by atoms with Crippen LogP contribution in [0.15, 0.2) is 0 Å². The molecule has 0 aromatic rings. The van der Waals surface area contributed by atoms with E-state index < -0.39 is 5.60 Å². The average molecular weight is 239 g/mol. The quantitative estimate of drug-likeness (QED) is 0.795. The van der Waals surface area contributed by atoms with E-state index in [2.05, 4.69) is 13.0 Å². The first-order chi connectivity index (χ1) is 8.15. The number of aliphatic hydroxyl groups is 1. The summed E-state index contributed by atoms with van der Waals surface area (Å²) in [7, 11) is 0. The highest BCUT2D eigenvalue weighted by atomic mass is 16.6. The molecule has 0 bridgehead atoms. The third-order valence-corrected chi connectivity index (χ3v) is 4.19. The maximum absolute atomic E-state index is 10.7. The molecule has 0 amide bonds. The van der Waals surface area contributed by atoms with E-state index >= 15 is 0 Å². The van der Waals surface area contributed by atoms with Crippen molar-refractivity contribution >= 4 is 0 Å². The second kappa shape index (κ2) is 5.34. The van der Waals surface area contributed by atoms with Crippen LogP contribution in [-0.2, 0) is 9.47 Å². The molecule has 2 rings (SSSR count). The van der Waals surface area contributed by atoms with Crippen LogP contribution in [0.25, 0.3) is 0 Å². The third kappa shape index (κ3) is 2.79. The fourth-order valence-electron chi connectivity index (χ4n) is 2.93.